The second-order valence-corrected chi connectivity index (χ2v) is 6.74. The summed E-state index contributed by atoms with van der Waals surface area (Å²) in [5.74, 6) is 0.145. The first-order chi connectivity index (χ1) is 12.7. The molecule has 2 aromatic carbocycles. The van der Waals surface area contributed by atoms with E-state index in [2.05, 4.69) is 30.8 Å². The molecule has 1 saturated heterocycles. The number of halogens is 2. The number of benzene rings is 2. The minimum Gasteiger partial charge on any atom is -0.364 e. The lowest BCUT2D eigenvalue weighted by atomic mass is 10.0. The van der Waals surface area contributed by atoms with Gasteiger partial charge in [-0.15, -0.1) is 0 Å². The highest BCUT2D eigenvalue weighted by Gasteiger charge is 2.21. The molecule has 130 valence electrons. The van der Waals surface area contributed by atoms with Gasteiger partial charge in [0.1, 0.15) is 17.7 Å². The summed E-state index contributed by atoms with van der Waals surface area (Å²) in [6.07, 6.45) is 3.07. The average Bonchev–Trinajstić information content (AvgIpc) is 3.06. The molecule has 0 aliphatic carbocycles. The van der Waals surface area contributed by atoms with Crippen molar-refractivity contribution in [3.05, 3.63) is 47.6 Å². The second kappa shape index (κ2) is 5.89. The normalized spacial score (nSPS) is 14.7. The molecule has 0 atom stereocenters. The van der Waals surface area contributed by atoms with E-state index < -0.39 is 5.82 Å². The molecule has 0 saturated carbocycles. The van der Waals surface area contributed by atoms with Crippen LogP contribution >= 0.6 is 11.6 Å². The fraction of sp³-hybridized carbons (Fsp3) is 0.167. The first-order valence-electron chi connectivity index (χ1n) is 8.24. The number of aromatic amines is 1. The van der Waals surface area contributed by atoms with Crippen LogP contribution in [-0.2, 0) is 0 Å². The fourth-order valence-corrected chi connectivity index (χ4v) is 3.49. The lowest BCUT2D eigenvalue weighted by Crippen LogP contribution is -2.51. The van der Waals surface area contributed by atoms with Crippen molar-refractivity contribution in [1.82, 2.24) is 25.5 Å². The van der Waals surface area contributed by atoms with Crippen molar-refractivity contribution in [2.24, 2.45) is 0 Å². The van der Waals surface area contributed by atoms with E-state index in [1.807, 2.05) is 18.2 Å². The predicted molar refractivity (Wildman–Crippen MR) is 99.9 cm³/mol. The maximum atomic E-state index is 15.3. The highest BCUT2D eigenvalue weighted by Crippen LogP contribution is 2.37. The molecule has 2 aromatic heterocycles. The van der Waals surface area contributed by atoms with Gasteiger partial charge in [0.25, 0.3) is 0 Å². The third-order valence-corrected chi connectivity index (χ3v) is 4.97. The summed E-state index contributed by atoms with van der Waals surface area (Å²) in [5.41, 5.74) is 2.15. The Balaban J connectivity index is 1.68. The van der Waals surface area contributed by atoms with E-state index in [4.69, 9.17) is 11.6 Å². The molecule has 0 amide bonds. The van der Waals surface area contributed by atoms with Crippen LogP contribution in [0.25, 0.3) is 32.9 Å². The number of fused-ring (bicyclic) bond motifs is 2. The van der Waals surface area contributed by atoms with Gasteiger partial charge in [0.15, 0.2) is 5.82 Å². The van der Waals surface area contributed by atoms with E-state index in [1.165, 1.54) is 6.33 Å². The Morgan fingerprint density at radius 2 is 2.08 bits per heavy atom. The van der Waals surface area contributed by atoms with Crippen LogP contribution in [-0.4, -0.2) is 39.3 Å². The highest BCUT2D eigenvalue weighted by molar-refractivity contribution is 6.34. The van der Waals surface area contributed by atoms with Gasteiger partial charge in [-0.2, -0.15) is 5.10 Å². The molecule has 5 rings (SSSR count). The van der Waals surface area contributed by atoms with Crippen molar-refractivity contribution in [1.29, 1.82) is 0 Å². The number of anilines is 1. The molecular weight excluding hydrogens is 355 g/mol. The molecule has 26 heavy (non-hydrogen) atoms. The van der Waals surface area contributed by atoms with Crippen LogP contribution in [0.5, 0.6) is 0 Å². The average molecular weight is 369 g/mol. The third kappa shape index (κ3) is 2.40. The molecule has 1 aliphatic heterocycles. The van der Waals surface area contributed by atoms with E-state index in [-0.39, 0.29) is 11.6 Å². The molecule has 0 unspecified atom stereocenters. The number of hydrogen-bond acceptors (Lipinski definition) is 5. The Morgan fingerprint density at radius 3 is 2.88 bits per heavy atom. The summed E-state index contributed by atoms with van der Waals surface area (Å²) in [6.45, 7) is 1.70. The summed E-state index contributed by atoms with van der Waals surface area (Å²) < 4.78 is 15.3. The Labute approximate surface area is 152 Å². The number of nitrogens with one attached hydrogen (secondary N) is 3. The monoisotopic (exact) mass is 368 g/mol. The van der Waals surface area contributed by atoms with Crippen LogP contribution in [0.1, 0.15) is 0 Å². The van der Waals surface area contributed by atoms with Gasteiger partial charge in [-0.25, -0.2) is 14.4 Å². The van der Waals surface area contributed by atoms with E-state index in [1.54, 1.807) is 12.3 Å². The zero-order valence-electron chi connectivity index (χ0n) is 13.6. The standard InChI is InChI=1S/C18H14ClFN6/c19-13-4-12-17(22-8-23-18(12)25-11-6-21-7-11)16(20)15(13)9-1-2-14-10(3-9)5-24-26-14/h1-5,8,11,21H,6-7H2,(H,24,26)(H,22,23,25). The quantitative estimate of drug-likeness (QED) is 0.517. The lowest BCUT2D eigenvalue weighted by Gasteiger charge is -2.28. The third-order valence-electron chi connectivity index (χ3n) is 4.67. The van der Waals surface area contributed by atoms with E-state index in [0.717, 1.165) is 24.0 Å². The number of H-pyrrole nitrogens is 1. The largest absolute Gasteiger partial charge is 0.364 e. The molecule has 0 bridgehead atoms. The summed E-state index contributed by atoms with van der Waals surface area (Å²) >= 11 is 6.47. The molecule has 0 spiro atoms. The molecular formula is C18H14ClFN6. The summed E-state index contributed by atoms with van der Waals surface area (Å²) in [6, 6.07) is 7.53. The number of rotatable bonds is 3. The Morgan fingerprint density at radius 1 is 1.19 bits per heavy atom. The first kappa shape index (κ1) is 15.5. The van der Waals surface area contributed by atoms with Gasteiger partial charge in [-0.05, 0) is 23.8 Å². The molecule has 4 aromatic rings. The topological polar surface area (TPSA) is 78.5 Å². The van der Waals surface area contributed by atoms with Crippen molar-refractivity contribution in [3.8, 4) is 11.1 Å². The molecule has 6 nitrogen and oxygen atoms in total. The Hall–Kier alpha value is -2.77. The van der Waals surface area contributed by atoms with Crippen molar-refractivity contribution in [2.45, 2.75) is 6.04 Å². The van der Waals surface area contributed by atoms with Crippen molar-refractivity contribution < 1.29 is 4.39 Å². The van der Waals surface area contributed by atoms with Crippen LogP contribution < -0.4 is 10.6 Å². The number of nitrogens with zero attached hydrogens (tertiary/aromatic N) is 3. The Kier molecular flexibility index (Phi) is 3.51. The molecule has 3 heterocycles. The van der Waals surface area contributed by atoms with Gasteiger partial charge >= 0.3 is 0 Å². The van der Waals surface area contributed by atoms with Crippen molar-refractivity contribution in [3.63, 3.8) is 0 Å². The van der Waals surface area contributed by atoms with E-state index >= 15 is 4.39 Å². The first-order valence-corrected chi connectivity index (χ1v) is 8.62. The SMILES string of the molecule is Fc1c(-c2ccc3[nH]ncc3c2)c(Cl)cc2c(NC3CNC3)ncnc12. The maximum absolute atomic E-state index is 15.3. The van der Waals surface area contributed by atoms with Crippen LogP contribution in [0, 0.1) is 5.82 Å². The van der Waals surface area contributed by atoms with Gasteiger partial charge in [0.05, 0.1) is 22.8 Å². The lowest BCUT2D eigenvalue weighted by molar-refractivity contribution is 0.471. The van der Waals surface area contributed by atoms with Gasteiger partial charge in [-0.1, -0.05) is 17.7 Å². The summed E-state index contributed by atoms with van der Waals surface area (Å²) in [7, 11) is 0. The minimum absolute atomic E-state index is 0.251. The number of aromatic nitrogens is 4. The number of hydrogen-bond donors (Lipinski definition) is 3. The maximum Gasteiger partial charge on any atom is 0.158 e. The van der Waals surface area contributed by atoms with Gasteiger partial charge in [0.2, 0.25) is 0 Å². The highest BCUT2D eigenvalue weighted by atomic mass is 35.5. The zero-order valence-corrected chi connectivity index (χ0v) is 14.3. The van der Waals surface area contributed by atoms with Crippen LogP contribution in [0.4, 0.5) is 10.2 Å². The molecule has 1 aliphatic rings. The van der Waals surface area contributed by atoms with Crippen LogP contribution in [0.15, 0.2) is 36.8 Å². The van der Waals surface area contributed by atoms with Crippen LogP contribution in [0.3, 0.4) is 0 Å². The predicted octanol–water partition coefficient (Wildman–Crippen LogP) is 3.35. The summed E-state index contributed by atoms with van der Waals surface area (Å²) in [4.78, 5) is 8.41. The summed E-state index contributed by atoms with van der Waals surface area (Å²) in [5, 5.41) is 15.2. The van der Waals surface area contributed by atoms with Gasteiger partial charge < -0.3 is 10.6 Å². The molecule has 8 heteroatoms. The van der Waals surface area contributed by atoms with Gasteiger partial charge in [0, 0.05) is 29.4 Å². The molecule has 1 fully saturated rings. The van der Waals surface area contributed by atoms with Gasteiger partial charge in [-0.3, -0.25) is 5.10 Å². The van der Waals surface area contributed by atoms with Crippen LogP contribution in [0.2, 0.25) is 5.02 Å². The zero-order chi connectivity index (χ0) is 17.7. The second-order valence-electron chi connectivity index (χ2n) is 6.34. The Bertz CT molecular complexity index is 1140. The minimum atomic E-state index is -0.451. The van der Waals surface area contributed by atoms with Crippen molar-refractivity contribution >= 4 is 39.2 Å². The van der Waals surface area contributed by atoms with E-state index in [0.29, 0.717) is 27.4 Å². The van der Waals surface area contributed by atoms with Crippen molar-refractivity contribution in [2.75, 3.05) is 18.4 Å². The fourth-order valence-electron chi connectivity index (χ4n) is 3.19. The molecule has 0 radical (unpaired) electrons. The van der Waals surface area contributed by atoms with E-state index in [9.17, 15) is 0 Å². The molecule has 3 N–H and O–H groups in total. The smallest absolute Gasteiger partial charge is 0.158 e.